The molecule has 18 heavy (non-hydrogen) atoms. The second kappa shape index (κ2) is 4.35. The Morgan fingerprint density at radius 2 is 2.28 bits per heavy atom. The van der Waals surface area contributed by atoms with Crippen LogP contribution in [0.5, 0.6) is 0 Å². The lowest BCUT2D eigenvalue weighted by molar-refractivity contribution is 0.260. The summed E-state index contributed by atoms with van der Waals surface area (Å²) >= 11 is 3.49. The van der Waals surface area contributed by atoms with Gasteiger partial charge in [0.2, 0.25) is 0 Å². The molecule has 1 aromatic heterocycles. The fourth-order valence-corrected chi connectivity index (χ4v) is 3.27. The molecule has 0 amide bonds. The third kappa shape index (κ3) is 1.88. The van der Waals surface area contributed by atoms with Crippen molar-refractivity contribution in [2.24, 2.45) is 5.73 Å². The number of aromatic amines is 1. The second-order valence-corrected chi connectivity index (χ2v) is 6.43. The Labute approximate surface area is 115 Å². The highest BCUT2D eigenvalue weighted by atomic mass is 79.9. The molecule has 96 valence electrons. The molecular weight excluding hydrogens is 290 g/mol. The van der Waals surface area contributed by atoms with Crippen LogP contribution >= 0.6 is 15.9 Å². The van der Waals surface area contributed by atoms with Crippen LogP contribution in [0, 0.1) is 0 Å². The van der Waals surface area contributed by atoms with Crippen LogP contribution in [0.1, 0.15) is 38.4 Å². The van der Waals surface area contributed by atoms with Gasteiger partial charge in [-0.1, -0.05) is 35.7 Å². The number of hydrogen-bond acceptors (Lipinski definition) is 2. The molecule has 0 radical (unpaired) electrons. The minimum atomic E-state index is -0.0102. The average Bonchev–Trinajstić information content (AvgIpc) is 2.76. The Morgan fingerprint density at radius 1 is 1.44 bits per heavy atom. The number of halogens is 1. The van der Waals surface area contributed by atoms with Gasteiger partial charge in [-0.05, 0) is 31.0 Å². The standard InChI is InChI=1S/C14H18BrN3/c1-14(7-3-2-4-12(14)16)13-17-10-6-5-9(15)8-11(10)18-13/h5-6,8,12H,2-4,7,16H2,1H3,(H,17,18). The minimum absolute atomic E-state index is 0.0102. The van der Waals surface area contributed by atoms with Crippen molar-refractivity contribution in [3.8, 4) is 0 Å². The number of benzene rings is 1. The van der Waals surface area contributed by atoms with Gasteiger partial charge >= 0.3 is 0 Å². The van der Waals surface area contributed by atoms with Crippen molar-refractivity contribution in [3.05, 3.63) is 28.5 Å². The number of nitrogens with zero attached hydrogens (tertiary/aromatic N) is 1. The van der Waals surface area contributed by atoms with Gasteiger partial charge in [0.05, 0.1) is 11.0 Å². The lowest BCUT2D eigenvalue weighted by Crippen LogP contribution is -2.46. The molecule has 0 saturated heterocycles. The van der Waals surface area contributed by atoms with Gasteiger partial charge in [0.15, 0.2) is 0 Å². The molecule has 3 nitrogen and oxygen atoms in total. The highest BCUT2D eigenvalue weighted by Crippen LogP contribution is 2.37. The Morgan fingerprint density at radius 3 is 3.06 bits per heavy atom. The fourth-order valence-electron chi connectivity index (χ4n) is 2.91. The molecule has 0 aliphatic heterocycles. The first-order valence-corrected chi connectivity index (χ1v) is 7.30. The monoisotopic (exact) mass is 307 g/mol. The van der Waals surface area contributed by atoms with Crippen molar-refractivity contribution in [1.82, 2.24) is 9.97 Å². The summed E-state index contributed by atoms with van der Waals surface area (Å²) in [6.45, 7) is 2.24. The van der Waals surface area contributed by atoms with Gasteiger partial charge in [-0.25, -0.2) is 4.98 Å². The molecule has 3 N–H and O–H groups in total. The lowest BCUT2D eigenvalue weighted by atomic mass is 9.71. The van der Waals surface area contributed by atoms with Gasteiger partial charge in [-0.3, -0.25) is 0 Å². The van der Waals surface area contributed by atoms with Crippen LogP contribution in [0.3, 0.4) is 0 Å². The van der Waals surface area contributed by atoms with E-state index in [4.69, 9.17) is 10.7 Å². The van der Waals surface area contributed by atoms with E-state index >= 15 is 0 Å². The molecule has 2 unspecified atom stereocenters. The molecule has 1 saturated carbocycles. The van der Waals surface area contributed by atoms with E-state index in [1.165, 1.54) is 12.8 Å². The molecule has 2 atom stereocenters. The van der Waals surface area contributed by atoms with Crippen LogP contribution < -0.4 is 5.73 Å². The highest BCUT2D eigenvalue weighted by Gasteiger charge is 2.38. The van der Waals surface area contributed by atoms with Gasteiger partial charge in [-0.2, -0.15) is 0 Å². The van der Waals surface area contributed by atoms with E-state index in [1.807, 2.05) is 12.1 Å². The summed E-state index contributed by atoms with van der Waals surface area (Å²) in [5.41, 5.74) is 8.42. The van der Waals surface area contributed by atoms with Crippen LogP contribution in [-0.2, 0) is 5.41 Å². The number of imidazole rings is 1. The molecule has 2 aromatic rings. The topological polar surface area (TPSA) is 54.7 Å². The van der Waals surface area contributed by atoms with Gasteiger partial charge < -0.3 is 10.7 Å². The number of aromatic nitrogens is 2. The van der Waals surface area contributed by atoms with E-state index < -0.39 is 0 Å². The van der Waals surface area contributed by atoms with E-state index in [2.05, 4.69) is 33.9 Å². The highest BCUT2D eigenvalue weighted by molar-refractivity contribution is 9.10. The maximum atomic E-state index is 6.33. The summed E-state index contributed by atoms with van der Waals surface area (Å²) in [6, 6.07) is 6.34. The second-order valence-electron chi connectivity index (χ2n) is 5.52. The number of fused-ring (bicyclic) bond motifs is 1. The molecule has 1 fully saturated rings. The zero-order valence-corrected chi connectivity index (χ0v) is 12.1. The molecule has 1 aliphatic carbocycles. The maximum Gasteiger partial charge on any atom is 0.114 e. The van der Waals surface area contributed by atoms with E-state index in [-0.39, 0.29) is 11.5 Å². The maximum absolute atomic E-state index is 6.33. The van der Waals surface area contributed by atoms with Crippen LogP contribution in [0.25, 0.3) is 11.0 Å². The Hall–Kier alpha value is -0.870. The number of H-pyrrole nitrogens is 1. The summed E-state index contributed by atoms with van der Waals surface area (Å²) in [4.78, 5) is 8.20. The molecule has 0 bridgehead atoms. The number of nitrogens with two attached hydrogens (primary N) is 1. The fraction of sp³-hybridized carbons (Fsp3) is 0.500. The Kier molecular flexibility index (Phi) is 2.94. The predicted molar refractivity (Wildman–Crippen MR) is 77.6 cm³/mol. The number of rotatable bonds is 1. The first-order valence-electron chi connectivity index (χ1n) is 6.51. The summed E-state index contributed by atoms with van der Waals surface area (Å²) in [6.07, 6.45) is 4.69. The van der Waals surface area contributed by atoms with E-state index in [0.29, 0.717) is 0 Å². The third-order valence-corrected chi connectivity index (χ3v) is 4.76. The van der Waals surface area contributed by atoms with Crippen LogP contribution in [0.15, 0.2) is 22.7 Å². The summed E-state index contributed by atoms with van der Waals surface area (Å²) in [5.74, 6) is 1.04. The molecule has 1 heterocycles. The van der Waals surface area contributed by atoms with Crippen molar-refractivity contribution in [2.75, 3.05) is 0 Å². The van der Waals surface area contributed by atoms with Crippen molar-refractivity contribution in [1.29, 1.82) is 0 Å². The first kappa shape index (κ1) is 12.2. The van der Waals surface area contributed by atoms with E-state index in [9.17, 15) is 0 Å². The summed E-state index contributed by atoms with van der Waals surface area (Å²) in [5, 5.41) is 0. The van der Waals surface area contributed by atoms with Gasteiger partial charge in [0, 0.05) is 15.9 Å². The summed E-state index contributed by atoms with van der Waals surface area (Å²) in [7, 11) is 0. The Bertz CT molecular complexity index is 577. The largest absolute Gasteiger partial charge is 0.341 e. The Balaban J connectivity index is 2.07. The molecule has 1 aliphatic rings. The molecular formula is C14H18BrN3. The van der Waals surface area contributed by atoms with E-state index in [0.717, 1.165) is 34.2 Å². The van der Waals surface area contributed by atoms with Gasteiger partial charge in [0.25, 0.3) is 0 Å². The normalized spacial score (nSPS) is 28.7. The average molecular weight is 308 g/mol. The first-order chi connectivity index (χ1) is 8.59. The molecule has 3 rings (SSSR count). The van der Waals surface area contributed by atoms with Gasteiger partial charge in [-0.15, -0.1) is 0 Å². The summed E-state index contributed by atoms with van der Waals surface area (Å²) < 4.78 is 1.07. The molecule has 0 spiro atoms. The molecule has 4 heteroatoms. The van der Waals surface area contributed by atoms with Crippen LogP contribution in [0.4, 0.5) is 0 Å². The zero-order chi connectivity index (χ0) is 12.8. The van der Waals surface area contributed by atoms with E-state index in [1.54, 1.807) is 0 Å². The van der Waals surface area contributed by atoms with Crippen LogP contribution in [0.2, 0.25) is 0 Å². The minimum Gasteiger partial charge on any atom is -0.341 e. The number of nitrogens with one attached hydrogen (secondary N) is 1. The van der Waals surface area contributed by atoms with Crippen LogP contribution in [-0.4, -0.2) is 16.0 Å². The van der Waals surface area contributed by atoms with Crippen molar-refractivity contribution < 1.29 is 0 Å². The lowest BCUT2D eigenvalue weighted by Gasteiger charge is -2.37. The quantitative estimate of drug-likeness (QED) is 0.847. The van der Waals surface area contributed by atoms with Crippen molar-refractivity contribution in [3.63, 3.8) is 0 Å². The predicted octanol–water partition coefficient (Wildman–Crippen LogP) is 3.48. The number of hydrogen-bond donors (Lipinski definition) is 2. The van der Waals surface area contributed by atoms with Gasteiger partial charge in [0.1, 0.15) is 5.82 Å². The smallest absolute Gasteiger partial charge is 0.114 e. The third-order valence-electron chi connectivity index (χ3n) is 4.26. The van der Waals surface area contributed by atoms with Crippen molar-refractivity contribution in [2.45, 2.75) is 44.1 Å². The molecule has 1 aromatic carbocycles. The van der Waals surface area contributed by atoms with Crippen molar-refractivity contribution >= 4 is 27.0 Å². The SMILES string of the molecule is CC1(c2nc3ccc(Br)cc3[nH]2)CCCCC1N. The zero-order valence-electron chi connectivity index (χ0n) is 10.5.